The van der Waals surface area contributed by atoms with Gasteiger partial charge in [-0.3, -0.25) is 15.0 Å². The molecule has 1 aliphatic heterocycles. The van der Waals surface area contributed by atoms with Crippen LogP contribution in [-0.4, -0.2) is 18.4 Å². The number of hydrogen-bond acceptors (Lipinski definition) is 4. The summed E-state index contributed by atoms with van der Waals surface area (Å²) in [5.41, 5.74) is 3.63. The number of hydrogen-bond donors (Lipinski definition) is 3. The maximum Gasteiger partial charge on any atom is 0.271 e. The topological polar surface area (TPSA) is 93.4 Å². The smallest absolute Gasteiger partial charge is 0.271 e. The zero-order valence-electron chi connectivity index (χ0n) is 8.45. The van der Waals surface area contributed by atoms with E-state index in [0.717, 1.165) is 11.3 Å². The van der Waals surface area contributed by atoms with Crippen LogP contribution in [0.25, 0.3) is 0 Å². The number of nitrogens with one attached hydrogen (secondary N) is 2. The van der Waals surface area contributed by atoms with E-state index >= 15 is 0 Å². The summed E-state index contributed by atoms with van der Waals surface area (Å²) in [6.07, 6.45) is 0.343. The molecule has 6 heteroatoms. The Hall–Kier alpha value is -2.08. The molecule has 6 nitrogen and oxygen atoms in total. The van der Waals surface area contributed by atoms with Crippen molar-refractivity contribution >= 4 is 17.5 Å². The van der Waals surface area contributed by atoms with Crippen LogP contribution < -0.4 is 21.3 Å². The number of hydrazine groups is 1. The van der Waals surface area contributed by atoms with Crippen molar-refractivity contribution in [1.29, 1.82) is 0 Å². The van der Waals surface area contributed by atoms with Gasteiger partial charge in [0.05, 0.1) is 6.42 Å². The molecule has 0 bridgehead atoms. The van der Waals surface area contributed by atoms with E-state index < -0.39 is 5.91 Å². The first-order valence-electron chi connectivity index (χ1n) is 4.74. The Morgan fingerprint density at radius 1 is 1.56 bits per heavy atom. The third kappa shape index (κ3) is 2.12. The molecule has 1 aromatic carbocycles. The van der Waals surface area contributed by atoms with Crippen LogP contribution in [-0.2, 0) is 16.0 Å². The van der Waals surface area contributed by atoms with Crippen molar-refractivity contribution < 1.29 is 14.3 Å². The molecule has 0 saturated heterocycles. The maximum atomic E-state index is 11.1. The summed E-state index contributed by atoms with van der Waals surface area (Å²) in [5.74, 6) is 5.01. The molecule has 0 radical (unpaired) electrons. The predicted molar refractivity (Wildman–Crippen MR) is 56.6 cm³/mol. The van der Waals surface area contributed by atoms with E-state index in [-0.39, 0.29) is 12.5 Å². The van der Waals surface area contributed by atoms with Crippen molar-refractivity contribution in [3.05, 3.63) is 23.8 Å². The quantitative estimate of drug-likeness (QED) is 0.366. The SMILES string of the molecule is NNC(=O)COc1ccc2c(c1)CC(=O)N2. The van der Waals surface area contributed by atoms with Gasteiger partial charge < -0.3 is 10.1 Å². The Morgan fingerprint density at radius 3 is 3.12 bits per heavy atom. The fourth-order valence-electron chi connectivity index (χ4n) is 1.49. The third-order valence-corrected chi connectivity index (χ3v) is 2.23. The number of rotatable bonds is 3. The second kappa shape index (κ2) is 4.19. The Labute approximate surface area is 91.7 Å². The molecule has 0 saturated carbocycles. The molecule has 2 rings (SSSR count). The highest BCUT2D eigenvalue weighted by Crippen LogP contribution is 2.26. The zero-order chi connectivity index (χ0) is 11.5. The molecule has 1 heterocycles. The summed E-state index contributed by atoms with van der Waals surface area (Å²) in [6, 6.07) is 5.17. The lowest BCUT2D eigenvalue weighted by molar-refractivity contribution is -0.123. The van der Waals surface area contributed by atoms with Gasteiger partial charge in [0.1, 0.15) is 5.75 Å². The summed E-state index contributed by atoms with van der Waals surface area (Å²) >= 11 is 0. The average molecular weight is 221 g/mol. The summed E-state index contributed by atoms with van der Waals surface area (Å²) in [4.78, 5) is 21.9. The second-order valence-corrected chi connectivity index (χ2v) is 3.40. The summed E-state index contributed by atoms with van der Waals surface area (Å²) in [5, 5.41) is 2.71. The monoisotopic (exact) mass is 221 g/mol. The molecule has 0 aliphatic carbocycles. The number of nitrogens with two attached hydrogens (primary N) is 1. The predicted octanol–water partition coefficient (Wildman–Crippen LogP) is -0.450. The number of ether oxygens (including phenoxy) is 1. The van der Waals surface area contributed by atoms with Crippen molar-refractivity contribution in [2.45, 2.75) is 6.42 Å². The summed E-state index contributed by atoms with van der Waals surface area (Å²) in [6.45, 7) is -0.142. The van der Waals surface area contributed by atoms with Crippen LogP contribution >= 0.6 is 0 Å². The highest BCUT2D eigenvalue weighted by atomic mass is 16.5. The van der Waals surface area contributed by atoms with Gasteiger partial charge >= 0.3 is 0 Å². The van der Waals surface area contributed by atoms with Crippen LogP contribution in [0.2, 0.25) is 0 Å². The first-order valence-corrected chi connectivity index (χ1v) is 4.74. The van der Waals surface area contributed by atoms with Crippen LogP contribution in [0.1, 0.15) is 5.56 Å². The van der Waals surface area contributed by atoms with Crippen molar-refractivity contribution in [2.75, 3.05) is 11.9 Å². The lowest BCUT2D eigenvalue weighted by Crippen LogP contribution is -2.34. The fourth-order valence-corrected chi connectivity index (χ4v) is 1.49. The van der Waals surface area contributed by atoms with Crippen molar-refractivity contribution in [3.8, 4) is 5.75 Å². The van der Waals surface area contributed by atoms with Crippen LogP contribution in [0.3, 0.4) is 0 Å². The molecule has 0 fully saturated rings. The molecular formula is C10H11N3O3. The van der Waals surface area contributed by atoms with Crippen LogP contribution in [0.4, 0.5) is 5.69 Å². The molecule has 1 aliphatic rings. The van der Waals surface area contributed by atoms with Gasteiger partial charge in [0, 0.05) is 5.69 Å². The van der Waals surface area contributed by atoms with E-state index in [1.54, 1.807) is 18.2 Å². The number of carbonyl (C=O) groups excluding carboxylic acids is 2. The lowest BCUT2D eigenvalue weighted by atomic mass is 10.1. The molecule has 4 N–H and O–H groups in total. The standard InChI is InChI=1S/C10H11N3O3/c11-13-10(15)5-16-7-1-2-8-6(3-7)4-9(14)12-8/h1-3H,4-5,11H2,(H,12,14)(H,13,15). The minimum absolute atomic E-state index is 0.0353. The highest BCUT2D eigenvalue weighted by Gasteiger charge is 2.17. The number of amides is 2. The van der Waals surface area contributed by atoms with Gasteiger partial charge in [-0.25, -0.2) is 5.84 Å². The van der Waals surface area contributed by atoms with Gasteiger partial charge in [-0.1, -0.05) is 0 Å². The van der Waals surface area contributed by atoms with E-state index in [1.165, 1.54) is 0 Å². The van der Waals surface area contributed by atoms with Gasteiger partial charge in [0.15, 0.2) is 6.61 Å². The van der Waals surface area contributed by atoms with Crippen LogP contribution in [0.15, 0.2) is 18.2 Å². The number of fused-ring (bicyclic) bond motifs is 1. The Balaban J connectivity index is 2.05. The molecular weight excluding hydrogens is 210 g/mol. The number of benzene rings is 1. The molecule has 2 amide bonds. The molecule has 0 unspecified atom stereocenters. The first-order chi connectivity index (χ1) is 7.69. The average Bonchev–Trinajstić information content (AvgIpc) is 2.65. The van der Waals surface area contributed by atoms with Gasteiger partial charge in [0.25, 0.3) is 5.91 Å². The molecule has 0 spiro atoms. The normalized spacial score (nSPS) is 12.9. The second-order valence-electron chi connectivity index (χ2n) is 3.40. The van der Waals surface area contributed by atoms with Gasteiger partial charge in [-0.15, -0.1) is 0 Å². The lowest BCUT2D eigenvalue weighted by Gasteiger charge is -2.06. The summed E-state index contributed by atoms with van der Waals surface area (Å²) in [7, 11) is 0. The van der Waals surface area contributed by atoms with E-state index in [0.29, 0.717) is 12.2 Å². The van der Waals surface area contributed by atoms with E-state index in [2.05, 4.69) is 5.32 Å². The minimum Gasteiger partial charge on any atom is -0.484 e. The molecule has 16 heavy (non-hydrogen) atoms. The van der Waals surface area contributed by atoms with Crippen molar-refractivity contribution in [2.24, 2.45) is 5.84 Å². The minimum atomic E-state index is -0.408. The molecule has 0 atom stereocenters. The number of carbonyl (C=O) groups is 2. The molecule has 84 valence electrons. The maximum absolute atomic E-state index is 11.1. The first kappa shape index (κ1) is 10.4. The third-order valence-electron chi connectivity index (χ3n) is 2.23. The van der Waals surface area contributed by atoms with Gasteiger partial charge in [-0.2, -0.15) is 0 Å². The van der Waals surface area contributed by atoms with E-state index in [9.17, 15) is 9.59 Å². The zero-order valence-corrected chi connectivity index (χ0v) is 8.45. The van der Waals surface area contributed by atoms with Crippen LogP contribution in [0, 0.1) is 0 Å². The molecule has 0 aromatic heterocycles. The van der Waals surface area contributed by atoms with Gasteiger partial charge in [-0.05, 0) is 23.8 Å². The van der Waals surface area contributed by atoms with Crippen LogP contribution in [0.5, 0.6) is 5.75 Å². The summed E-state index contributed by atoms with van der Waals surface area (Å²) < 4.78 is 5.19. The Morgan fingerprint density at radius 2 is 2.38 bits per heavy atom. The van der Waals surface area contributed by atoms with E-state index in [4.69, 9.17) is 10.6 Å². The van der Waals surface area contributed by atoms with Gasteiger partial charge in [0.2, 0.25) is 5.91 Å². The molecule has 1 aromatic rings. The van der Waals surface area contributed by atoms with Crippen molar-refractivity contribution in [3.63, 3.8) is 0 Å². The Kier molecular flexibility index (Phi) is 2.74. The Bertz CT molecular complexity index is 445. The van der Waals surface area contributed by atoms with E-state index in [1.807, 2.05) is 5.43 Å². The number of anilines is 1. The highest BCUT2D eigenvalue weighted by molar-refractivity contribution is 5.99. The largest absolute Gasteiger partial charge is 0.484 e. The fraction of sp³-hybridized carbons (Fsp3) is 0.200. The van der Waals surface area contributed by atoms with Crippen molar-refractivity contribution in [1.82, 2.24) is 5.43 Å².